The summed E-state index contributed by atoms with van der Waals surface area (Å²) in [6.07, 6.45) is 5.85. The minimum atomic E-state index is -0.594. The third kappa shape index (κ3) is 3.19. The highest BCUT2D eigenvalue weighted by Gasteiger charge is 2.34. The number of likely N-dealkylation sites (tertiary alicyclic amines) is 1. The van der Waals surface area contributed by atoms with Crippen LogP contribution in [0, 0.1) is 0 Å². The summed E-state index contributed by atoms with van der Waals surface area (Å²) in [5.41, 5.74) is -0.594. The van der Waals surface area contributed by atoms with Crippen molar-refractivity contribution in [3.8, 4) is 0 Å². The molecule has 0 aromatic heterocycles. The smallest absolute Gasteiger partial charge is 0.221 e. The van der Waals surface area contributed by atoms with Gasteiger partial charge in [-0.15, -0.1) is 0 Å². The molecule has 0 atom stereocenters. The van der Waals surface area contributed by atoms with Crippen LogP contribution in [0.2, 0.25) is 0 Å². The van der Waals surface area contributed by atoms with Crippen LogP contribution < -0.4 is 5.32 Å². The molecular formula is C12H22N2O2. The first-order valence-electron chi connectivity index (χ1n) is 6.39. The molecule has 4 heteroatoms. The molecule has 0 unspecified atom stereocenters. The topological polar surface area (TPSA) is 52.6 Å². The molecule has 2 rings (SSSR count). The zero-order valence-electron chi connectivity index (χ0n) is 9.87. The molecule has 0 aromatic carbocycles. The third-order valence-corrected chi connectivity index (χ3v) is 3.75. The van der Waals surface area contributed by atoms with Crippen LogP contribution in [-0.2, 0) is 4.79 Å². The number of nitrogens with zero attached hydrogens (tertiary/aromatic N) is 1. The van der Waals surface area contributed by atoms with Crippen molar-refractivity contribution in [2.45, 2.75) is 44.1 Å². The number of carbonyl (C=O) groups is 1. The number of rotatable bonds is 5. The van der Waals surface area contributed by atoms with E-state index in [1.807, 2.05) is 0 Å². The van der Waals surface area contributed by atoms with E-state index >= 15 is 0 Å². The molecule has 2 N–H and O–H groups in total. The van der Waals surface area contributed by atoms with Crippen LogP contribution in [0.15, 0.2) is 0 Å². The van der Waals surface area contributed by atoms with Crippen LogP contribution in [0.1, 0.15) is 38.5 Å². The van der Waals surface area contributed by atoms with Crippen LogP contribution >= 0.6 is 0 Å². The molecule has 1 saturated carbocycles. The highest BCUT2D eigenvalue weighted by Crippen LogP contribution is 2.30. The monoisotopic (exact) mass is 226 g/mol. The summed E-state index contributed by atoms with van der Waals surface area (Å²) in [5, 5.41) is 12.6. The molecule has 2 aliphatic rings. The lowest BCUT2D eigenvalue weighted by molar-refractivity contribution is -0.123. The minimum absolute atomic E-state index is 0.0761. The molecular weight excluding hydrogens is 204 g/mol. The molecule has 1 aliphatic carbocycles. The number of hydrogen-bond acceptors (Lipinski definition) is 3. The van der Waals surface area contributed by atoms with Crippen LogP contribution in [0.3, 0.4) is 0 Å². The van der Waals surface area contributed by atoms with Crippen molar-refractivity contribution in [2.24, 2.45) is 0 Å². The standard InChI is InChI=1S/C12H22N2O2/c15-11(4-9-14-7-1-2-8-14)13-10-12(16)5-3-6-12/h16H,1-10H2,(H,13,15). The fourth-order valence-electron chi connectivity index (χ4n) is 2.38. The predicted octanol–water partition coefficient (Wildman–Crippen LogP) is 0.503. The first kappa shape index (κ1) is 11.9. The lowest BCUT2D eigenvalue weighted by Gasteiger charge is -2.36. The van der Waals surface area contributed by atoms with Gasteiger partial charge in [0.05, 0.1) is 5.60 Å². The van der Waals surface area contributed by atoms with Gasteiger partial charge >= 0.3 is 0 Å². The molecule has 1 heterocycles. The molecule has 92 valence electrons. The summed E-state index contributed by atoms with van der Waals surface area (Å²) in [6.45, 7) is 3.57. The van der Waals surface area contributed by atoms with Gasteiger partial charge in [-0.3, -0.25) is 4.79 Å². The van der Waals surface area contributed by atoms with Crippen molar-refractivity contribution in [3.63, 3.8) is 0 Å². The summed E-state index contributed by atoms with van der Waals surface area (Å²) >= 11 is 0. The second kappa shape index (κ2) is 5.15. The highest BCUT2D eigenvalue weighted by atomic mass is 16.3. The fourth-order valence-corrected chi connectivity index (χ4v) is 2.38. The van der Waals surface area contributed by atoms with Crippen LogP contribution in [0.5, 0.6) is 0 Å². The van der Waals surface area contributed by atoms with Gasteiger partial charge in [-0.2, -0.15) is 0 Å². The first-order valence-corrected chi connectivity index (χ1v) is 6.39. The van der Waals surface area contributed by atoms with Crippen molar-refractivity contribution in [3.05, 3.63) is 0 Å². The number of aliphatic hydroxyl groups is 1. The molecule has 0 spiro atoms. The Hall–Kier alpha value is -0.610. The number of nitrogens with one attached hydrogen (secondary N) is 1. The van der Waals surface area contributed by atoms with Gasteiger partial charge in [0.25, 0.3) is 0 Å². The molecule has 2 fully saturated rings. The summed E-state index contributed by atoms with van der Waals surface area (Å²) < 4.78 is 0. The molecule has 0 radical (unpaired) electrons. The van der Waals surface area contributed by atoms with Crippen molar-refractivity contribution in [1.29, 1.82) is 0 Å². The van der Waals surface area contributed by atoms with E-state index in [4.69, 9.17) is 0 Å². The second-order valence-corrected chi connectivity index (χ2v) is 5.15. The maximum Gasteiger partial charge on any atom is 0.221 e. The average molecular weight is 226 g/mol. The Bertz CT molecular complexity index is 245. The van der Waals surface area contributed by atoms with Gasteiger partial charge in [-0.05, 0) is 45.2 Å². The summed E-state index contributed by atoms with van der Waals surface area (Å²) in [6, 6.07) is 0. The molecule has 1 amide bonds. The predicted molar refractivity (Wildman–Crippen MR) is 62.1 cm³/mol. The Morgan fingerprint density at radius 1 is 1.25 bits per heavy atom. The highest BCUT2D eigenvalue weighted by molar-refractivity contribution is 5.76. The Labute approximate surface area is 97.0 Å². The van der Waals surface area contributed by atoms with Gasteiger partial charge < -0.3 is 15.3 Å². The average Bonchev–Trinajstić information content (AvgIpc) is 2.73. The Morgan fingerprint density at radius 3 is 2.50 bits per heavy atom. The number of carbonyl (C=O) groups excluding carboxylic acids is 1. The molecule has 1 aliphatic heterocycles. The van der Waals surface area contributed by atoms with Crippen LogP contribution in [0.25, 0.3) is 0 Å². The van der Waals surface area contributed by atoms with E-state index in [9.17, 15) is 9.90 Å². The summed E-state index contributed by atoms with van der Waals surface area (Å²) in [7, 11) is 0. The molecule has 1 saturated heterocycles. The van der Waals surface area contributed by atoms with E-state index in [0.717, 1.165) is 38.9 Å². The zero-order chi connectivity index (χ0) is 11.4. The number of hydrogen-bond donors (Lipinski definition) is 2. The van der Waals surface area contributed by atoms with E-state index in [0.29, 0.717) is 13.0 Å². The van der Waals surface area contributed by atoms with Crippen molar-refractivity contribution in [2.75, 3.05) is 26.2 Å². The normalized spacial score (nSPS) is 24.1. The van der Waals surface area contributed by atoms with Gasteiger partial charge in [0.2, 0.25) is 5.91 Å². The van der Waals surface area contributed by atoms with Crippen molar-refractivity contribution < 1.29 is 9.90 Å². The van der Waals surface area contributed by atoms with Gasteiger partial charge in [0.15, 0.2) is 0 Å². The van der Waals surface area contributed by atoms with Gasteiger partial charge in [0.1, 0.15) is 0 Å². The van der Waals surface area contributed by atoms with Gasteiger partial charge in [-0.1, -0.05) is 0 Å². The van der Waals surface area contributed by atoms with Gasteiger partial charge in [-0.25, -0.2) is 0 Å². The minimum Gasteiger partial charge on any atom is -0.388 e. The Morgan fingerprint density at radius 2 is 1.94 bits per heavy atom. The second-order valence-electron chi connectivity index (χ2n) is 5.15. The molecule has 0 aromatic rings. The molecule has 0 bridgehead atoms. The quantitative estimate of drug-likeness (QED) is 0.718. The van der Waals surface area contributed by atoms with E-state index in [2.05, 4.69) is 10.2 Å². The van der Waals surface area contributed by atoms with Crippen LogP contribution in [0.4, 0.5) is 0 Å². The Balaban J connectivity index is 1.57. The van der Waals surface area contributed by atoms with E-state index in [-0.39, 0.29) is 5.91 Å². The van der Waals surface area contributed by atoms with Gasteiger partial charge in [0, 0.05) is 19.5 Å². The summed E-state index contributed by atoms with van der Waals surface area (Å²) in [4.78, 5) is 13.9. The summed E-state index contributed by atoms with van der Waals surface area (Å²) in [5.74, 6) is 0.0761. The zero-order valence-corrected chi connectivity index (χ0v) is 9.87. The maximum atomic E-state index is 11.5. The largest absolute Gasteiger partial charge is 0.388 e. The lowest BCUT2D eigenvalue weighted by atomic mass is 9.80. The van der Waals surface area contributed by atoms with Crippen LogP contribution in [-0.4, -0.2) is 47.7 Å². The maximum absolute atomic E-state index is 11.5. The first-order chi connectivity index (χ1) is 7.68. The van der Waals surface area contributed by atoms with E-state index in [1.165, 1.54) is 12.8 Å². The SMILES string of the molecule is O=C(CCN1CCCC1)NCC1(O)CCC1. The fraction of sp³-hybridized carbons (Fsp3) is 0.917. The molecule has 16 heavy (non-hydrogen) atoms. The lowest BCUT2D eigenvalue weighted by Crippen LogP contribution is -2.48. The van der Waals surface area contributed by atoms with E-state index < -0.39 is 5.60 Å². The van der Waals surface area contributed by atoms with Crippen molar-refractivity contribution >= 4 is 5.91 Å². The van der Waals surface area contributed by atoms with Crippen molar-refractivity contribution in [1.82, 2.24) is 10.2 Å². The number of amides is 1. The third-order valence-electron chi connectivity index (χ3n) is 3.75. The Kier molecular flexibility index (Phi) is 3.82. The van der Waals surface area contributed by atoms with E-state index in [1.54, 1.807) is 0 Å². The molecule has 4 nitrogen and oxygen atoms in total.